The number of hydrogen-bond donors (Lipinski definition) is 0. The Morgan fingerprint density at radius 1 is 0.426 bits per heavy atom. The fraction of sp³-hybridized carbons (Fsp3) is 0. The van der Waals surface area contributed by atoms with Gasteiger partial charge in [0.05, 0.1) is 10.2 Å². The quantitative estimate of drug-likeness (QED) is 0.192. The van der Waals surface area contributed by atoms with Crippen LogP contribution in [0.3, 0.4) is 0 Å². The number of rotatable bonds is 4. The van der Waals surface area contributed by atoms with Crippen molar-refractivity contribution < 1.29 is 4.42 Å². The van der Waals surface area contributed by atoms with Crippen molar-refractivity contribution in [3.63, 3.8) is 0 Å². The minimum Gasteiger partial charge on any atom is -0.456 e. The Kier molecular flexibility index (Phi) is 5.85. The molecule has 6 aromatic carbocycles. The first-order chi connectivity index (χ1) is 23.2. The molecule has 0 radical (unpaired) electrons. The second-order valence-electron chi connectivity index (χ2n) is 11.5. The molecule has 0 aliphatic carbocycles. The summed E-state index contributed by atoms with van der Waals surface area (Å²) in [5.74, 6) is 1.89. The third-order valence-electron chi connectivity index (χ3n) is 8.57. The Bertz CT molecular complexity index is 2740. The van der Waals surface area contributed by atoms with Crippen LogP contribution in [0.1, 0.15) is 0 Å². The van der Waals surface area contributed by atoms with E-state index in [1.165, 1.54) is 25.7 Å². The Labute approximate surface area is 276 Å². The number of thiophene rings is 1. The second kappa shape index (κ2) is 10.4. The lowest BCUT2D eigenvalue weighted by atomic mass is 10.1. The summed E-state index contributed by atoms with van der Waals surface area (Å²) in [5, 5.41) is 5.61. The topological polar surface area (TPSA) is 64.7 Å². The van der Waals surface area contributed by atoms with Crippen LogP contribution in [-0.4, -0.2) is 19.9 Å². The molecule has 0 N–H and O–H groups in total. The van der Waals surface area contributed by atoms with Gasteiger partial charge in [0.25, 0.3) is 0 Å². The van der Waals surface area contributed by atoms with Gasteiger partial charge in [0.15, 0.2) is 17.5 Å². The molecule has 0 saturated heterocycles. The van der Waals surface area contributed by atoms with Gasteiger partial charge in [-0.25, -0.2) is 19.9 Å². The number of furan rings is 1. The maximum absolute atomic E-state index is 6.39. The molecule has 5 nitrogen and oxygen atoms in total. The molecule has 10 aromatic rings. The molecular weight excluding hydrogens is 617 g/mol. The minimum absolute atomic E-state index is 0.613. The monoisotopic (exact) mass is 638 g/mol. The third kappa shape index (κ3) is 4.35. The summed E-state index contributed by atoms with van der Waals surface area (Å²) < 4.78 is 10.1. The van der Waals surface area contributed by atoms with E-state index in [0.29, 0.717) is 17.5 Å². The van der Waals surface area contributed by atoms with Crippen LogP contribution < -0.4 is 0 Å². The number of fused-ring (bicyclic) bond motifs is 7. The first-order valence-corrected chi connectivity index (χ1v) is 16.9. The smallest absolute Gasteiger partial charge is 0.164 e. The molecule has 0 amide bonds. The van der Waals surface area contributed by atoms with E-state index in [1.54, 1.807) is 11.3 Å². The predicted molar refractivity (Wildman–Crippen MR) is 195 cm³/mol. The van der Waals surface area contributed by atoms with Gasteiger partial charge in [-0.3, -0.25) is 0 Å². The molecule has 0 saturated carbocycles. The van der Waals surface area contributed by atoms with Crippen LogP contribution in [0.5, 0.6) is 0 Å². The van der Waals surface area contributed by atoms with E-state index in [9.17, 15) is 0 Å². The molecule has 10 rings (SSSR count). The largest absolute Gasteiger partial charge is 0.456 e. The van der Waals surface area contributed by atoms with Crippen molar-refractivity contribution in [3.8, 4) is 44.7 Å². The lowest BCUT2D eigenvalue weighted by Gasteiger charge is -2.08. The summed E-state index contributed by atoms with van der Waals surface area (Å²) in [6.45, 7) is 0. The van der Waals surface area contributed by atoms with Crippen molar-refractivity contribution >= 4 is 75.0 Å². The zero-order chi connectivity index (χ0) is 30.9. The zero-order valence-electron chi connectivity index (χ0n) is 24.7. The van der Waals surface area contributed by atoms with E-state index in [2.05, 4.69) is 60.7 Å². The number of hydrogen-bond acceptors (Lipinski definition) is 7. The average molecular weight is 639 g/mol. The SMILES string of the molecule is c1ccc(-c2nc(-c3ccccc3)nc(-c3ccc4oc5cc6sc(-c7cccc8c7sc7ccccc78)nc6cc5c4c3)n2)cc1. The summed E-state index contributed by atoms with van der Waals surface area (Å²) in [6, 6.07) is 45.6. The van der Waals surface area contributed by atoms with Crippen molar-refractivity contribution in [1.82, 2.24) is 19.9 Å². The summed E-state index contributed by atoms with van der Waals surface area (Å²) >= 11 is 3.54. The number of nitrogens with zero attached hydrogens (tertiary/aromatic N) is 4. The van der Waals surface area contributed by atoms with Gasteiger partial charge in [0.2, 0.25) is 0 Å². The predicted octanol–water partition coefficient (Wildman–Crippen LogP) is 11.4. The van der Waals surface area contributed by atoms with Crippen molar-refractivity contribution in [3.05, 3.63) is 133 Å². The maximum Gasteiger partial charge on any atom is 0.164 e. The van der Waals surface area contributed by atoms with Crippen LogP contribution in [0.15, 0.2) is 138 Å². The molecule has 220 valence electrons. The highest BCUT2D eigenvalue weighted by Crippen LogP contribution is 2.43. The lowest BCUT2D eigenvalue weighted by molar-refractivity contribution is 0.669. The second-order valence-corrected chi connectivity index (χ2v) is 13.5. The molecule has 0 atom stereocenters. The van der Waals surface area contributed by atoms with Gasteiger partial charge < -0.3 is 4.42 Å². The highest BCUT2D eigenvalue weighted by Gasteiger charge is 2.18. The molecule has 0 bridgehead atoms. The van der Waals surface area contributed by atoms with Gasteiger partial charge in [0.1, 0.15) is 16.2 Å². The van der Waals surface area contributed by atoms with Crippen molar-refractivity contribution in [2.24, 2.45) is 0 Å². The Morgan fingerprint density at radius 3 is 1.85 bits per heavy atom. The van der Waals surface area contributed by atoms with Crippen LogP contribution in [0, 0.1) is 0 Å². The van der Waals surface area contributed by atoms with E-state index >= 15 is 0 Å². The Morgan fingerprint density at radius 2 is 1.09 bits per heavy atom. The molecule has 0 aliphatic rings. The minimum atomic E-state index is 0.613. The van der Waals surface area contributed by atoms with Gasteiger partial charge in [-0.2, -0.15) is 0 Å². The third-order valence-corrected chi connectivity index (χ3v) is 10.8. The van der Waals surface area contributed by atoms with E-state index in [0.717, 1.165) is 53.9 Å². The fourth-order valence-corrected chi connectivity index (χ4v) is 8.59. The molecule has 7 heteroatoms. The lowest BCUT2D eigenvalue weighted by Crippen LogP contribution is -2.00. The first-order valence-electron chi connectivity index (χ1n) is 15.3. The molecule has 0 aliphatic heterocycles. The molecule has 0 unspecified atom stereocenters. The van der Waals surface area contributed by atoms with Crippen LogP contribution in [0.25, 0.3) is 97.1 Å². The standard InChI is InChI=1S/C40H22N4OS2/c1-3-10-23(11-4-1)37-42-38(24-12-5-2-6-13-24)44-39(43-37)25-18-19-32-29(20-25)30-21-31-35(22-33(30)45-32)47-40(41-31)28-16-9-15-27-26-14-7-8-17-34(26)46-36(27)28/h1-22H. The molecule has 47 heavy (non-hydrogen) atoms. The summed E-state index contributed by atoms with van der Waals surface area (Å²) in [4.78, 5) is 19.9. The zero-order valence-corrected chi connectivity index (χ0v) is 26.3. The van der Waals surface area contributed by atoms with Crippen LogP contribution in [0.2, 0.25) is 0 Å². The number of benzene rings is 6. The number of aromatic nitrogens is 4. The van der Waals surface area contributed by atoms with E-state index in [-0.39, 0.29) is 0 Å². The highest BCUT2D eigenvalue weighted by molar-refractivity contribution is 7.27. The summed E-state index contributed by atoms with van der Waals surface area (Å²) in [5.41, 5.74) is 6.57. The van der Waals surface area contributed by atoms with E-state index < -0.39 is 0 Å². The number of thiazole rings is 1. The maximum atomic E-state index is 6.39. The van der Waals surface area contributed by atoms with Gasteiger partial charge in [-0.1, -0.05) is 97.1 Å². The molecule has 0 fully saturated rings. The highest BCUT2D eigenvalue weighted by atomic mass is 32.1. The normalized spacial score (nSPS) is 11.8. The van der Waals surface area contributed by atoms with Gasteiger partial charge in [-0.15, -0.1) is 22.7 Å². The van der Waals surface area contributed by atoms with Gasteiger partial charge in [0, 0.05) is 59.3 Å². The summed E-state index contributed by atoms with van der Waals surface area (Å²) in [7, 11) is 0. The van der Waals surface area contributed by atoms with Crippen LogP contribution in [-0.2, 0) is 0 Å². The van der Waals surface area contributed by atoms with Crippen molar-refractivity contribution in [2.75, 3.05) is 0 Å². The fourth-order valence-electron chi connectivity index (χ4n) is 6.31. The Balaban J connectivity index is 1.12. The average Bonchev–Trinajstić information content (AvgIpc) is 3.83. The Hall–Kier alpha value is -5.76. The molecule has 4 heterocycles. The van der Waals surface area contributed by atoms with Crippen molar-refractivity contribution in [1.29, 1.82) is 0 Å². The molecule has 4 aromatic heterocycles. The van der Waals surface area contributed by atoms with Crippen LogP contribution in [0.4, 0.5) is 0 Å². The summed E-state index contributed by atoms with van der Waals surface area (Å²) in [6.07, 6.45) is 0. The van der Waals surface area contributed by atoms with Crippen LogP contribution >= 0.6 is 22.7 Å². The first kappa shape index (κ1) is 26.5. The van der Waals surface area contributed by atoms with Gasteiger partial charge >= 0.3 is 0 Å². The molecular formula is C40H22N4OS2. The van der Waals surface area contributed by atoms with Gasteiger partial charge in [-0.05, 0) is 30.3 Å². The van der Waals surface area contributed by atoms with E-state index in [4.69, 9.17) is 24.4 Å². The molecule has 0 spiro atoms. The van der Waals surface area contributed by atoms with E-state index in [1.807, 2.05) is 84.1 Å². The van der Waals surface area contributed by atoms with Crippen molar-refractivity contribution in [2.45, 2.75) is 0 Å².